The first kappa shape index (κ1) is 30.3. The van der Waals surface area contributed by atoms with E-state index in [9.17, 15) is 18.0 Å². The van der Waals surface area contributed by atoms with Gasteiger partial charge in [0.05, 0.1) is 10.6 Å². The van der Waals surface area contributed by atoms with E-state index >= 15 is 0 Å². The summed E-state index contributed by atoms with van der Waals surface area (Å²) in [6, 6.07) is 30.5. The molecule has 4 aromatic carbocycles. The number of sulfonamides is 1. The first-order valence-electron chi connectivity index (χ1n) is 13.7. The summed E-state index contributed by atoms with van der Waals surface area (Å²) >= 11 is 0. The molecule has 0 saturated heterocycles. The minimum absolute atomic E-state index is 0.0458. The highest BCUT2D eigenvalue weighted by Gasteiger charge is 2.32. The third-order valence-corrected chi connectivity index (χ3v) is 8.46. The second-order valence-electron chi connectivity index (χ2n) is 9.81. The van der Waals surface area contributed by atoms with Crippen molar-refractivity contribution in [2.45, 2.75) is 38.3 Å². The highest BCUT2D eigenvalue weighted by atomic mass is 32.2. The summed E-state index contributed by atoms with van der Waals surface area (Å²) in [7, 11) is -4.15. The molecule has 4 rings (SSSR count). The van der Waals surface area contributed by atoms with Crippen molar-refractivity contribution in [1.82, 2.24) is 10.2 Å². The highest BCUT2D eigenvalue weighted by Crippen LogP contribution is 2.28. The van der Waals surface area contributed by atoms with Crippen LogP contribution in [-0.2, 0) is 26.2 Å². The maximum Gasteiger partial charge on any atom is 0.264 e. The molecule has 0 heterocycles. The van der Waals surface area contributed by atoms with Crippen LogP contribution in [-0.4, -0.2) is 44.3 Å². The highest BCUT2D eigenvalue weighted by molar-refractivity contribution is 7.92. The lowest BCUT2D eigenvalue weighted by atomic mass is 10.1. The molecule has 0 aliphatic carbocycles. The number of ether oxygens (including phenoxy) is 1. The van der Waals surface area contributed by atoms with E-state index in [4.69, 9.17) is 4.74 Å². The topological polar surface area (TPSA) is 96.0 Å². The van der Waals surface area contributed by atoms with Crippen molar-refractivity contribution in [3.8, 4) is 11.5 Å². The molecule has 0 spiro atoms. The number of carbonyl (C=O) groups is 2. The molecule has 2 amide bonds. The largest absolute Gasteiger partial charge is 0.457 e. The van der Waals surface area contributed by atoms with Gasteiger partial charge < -0.3 is 15.0 Å². The molecule has 1 N–H and O–H groups in total. The zero-order valence-electron chi connectivity index (χ0n) is 23.9. The number of nitrogens with zero attached hydrogens (tertiary/aromatic N) is 2. The van der Waals surface area contributed by atoms with Crippen LogP contribution in [0.3, 0.4) is 0 Å². The number of anilines is 1. The van der Waals surface area contributed by atoms with Gasteiger partial charge in [0, 0.05) is 13.1 Å². The van der Waals surface area contributed by atoms with Crippen LogP contribution < -0.4 is 14.4 Å². The maximum atomic E-state index is 14.0. The summed E-state index contributed by atoms with van der Waals surface area (Å²) in [5.41, 5.74) is 2.13. The molecule has 9 heteroatoms. The SMILES string of the molecule is CCNC(=O)[C@H](C)N(Cc1cccc(C)c1)C(=O)CN(c1ccc(Oc2ccccc2)cc1)S(=O)(=O)c1ccccc1. The molecule has 0 saturated carbocycles. The Morgan fingerprint density at radius 1 is 0.833 bits per heavy atom. The molecule has 42 heavy (non-hydrogen) atoms. The number of nitrogens with one attached hydrogen (secondary N) is 1. The van der Waals surface area contributed by atoms with Crippen LogP contribution in [0.2, 0.25) is 0 Å². The Balaban J connectivity index is 1.69. The molecule has 8 nitrogen and oxygen atoms in total. The van der Waals surface area contributed by atoms with Crippen LogP contribution in [0.1, 0.15) is 25.0 Å². The maximum absolute atomic E-state index is 14.0. The number of benzene rings is 4. The van der Waals surface area contributed by atoms with Crippen LogP contribution in [0.5, 0.6) is 11.5 Å². The van der Waals surface area contributed by atoms with Crippen molar-refractivity contribution in [1.29, 1.82) is 0 Å². The fourth-order valence-electron chi connectivity index (χ4n) is 4.47. The van der Waals surface area contributed by atoms with E-state index in [1.54, 1.807) is 56.3 Å². The van der Waals surface area contributed by atoms with Gasteiger partial charge in [0.2, 0.25) is 11.8 Å². The number of likely N-dealkylation sites (N-methyl/N-ethyl adjacent to an activating group) is 1. The van der Waals surface area contributed by atoms with Gasteiger partial charge in [0.25, 0.3) is 10.0 Å². The Morgan fingerprint density at radius 2 is 1.45 bits per heavy atom. The predicted octanol–water partition coefficient (Wildman–Crippen LogP) is 5.54. The van der Waals surface area contributed by atoms with Gasteiger partial charge in [-0.15, -0.1) is 0 Å². The summed E-state index contributed by atoms with van der Waals surface area (Å²) in [5, 5.41) is 2.77. The lowest BCUT2D eigenvalue weighted by Gasteiger charge is -2.32. The second-order valence-corrected chi connectivity index (χ2v) is 11.7. The monoisotopic (exact) mass is 585 g/mol. The molecule has 0 bridgehead atoms. The number of hydrogen-bond acceptors (Lipinski definition) is 5. The zero-order valence-corrected chi connectivity index (χ0v) is 24.8. The Hall–Kier alpha value is -4.63. The number of rotatable bonds is 12. The molecule has 1 atom stereocenters. The third kappa shape index (κ3) is 7.55. The summed E-state index contributed by atoms with van der Waals surface area (Å²) < 4.78 is 34.8. The van der Waals surface area contributed by atoms with Crippen LogP contribution >= 0.6 is 0 Å². The van der Waals surface area contributed by atoms with Gasteiger partial charge in [-0.3, -0.25) is 13.9 Å². The minimum atomic E-state index is -4.15. The van der Waals surface area contributed by atoms with E-state index in [1.165, 1.54) is 17.0 Å². The molecule has 0 aromatic heterocycles. The average molecular weight is 586 g/mol. The lowest BCUT2D eigenvalue weighted by molar-refractivity contribution is -0.139. The van der Waals surface area contributed by atoms with E-state index in [2.05, 4.69) is 5.32 Å². The molecule has 4 aromatic rings. The van der Waals surface area contributed by atoms with E-state index < -0.39 is 28.5 Å². The van der Waals surface area contributed by atoms with Gasteiger partial charge in [-0.1, -0.05) is 66.2 Å². The molecule has 0 fully saturated rings. The van der Waals surface area contributed by atoms with E-state index in [-0.39, 0.29) is 23.0 Å². The zero-order chi connectivity index (χ0) is 30.1. The van der Waals surface area contributed by atoms with Crippen molar-refractivity contribution in [3.05, 3.63) is 120 Å². The molecule has 0 radical (unpaired) electrons. The first-order valence-corrected chi connectivity index (χ1v) is 15.2. The number of amides is 2. The molecule has 0 aliphatic rings. The second kappa shape index (κ2) is 13.8. The Morgan fingerprint density at radius 3 is 2.07 bits per heavy atom. The van der Waals surface area contributed by atoms with Crippen molar-refractivity contribution < 1.29 is 22.7 Å². The van der Waals surface area contributed by atoms with Crippen LogP contribution in [0.15, 0.2) is 114 Å². The van der Waals surface area contributed by atoms with Gasteiger partial charge in [-0.2, -0.15) is 0 Å². The Bertz CT molecular complexity index is 1590. The average Bonchev–Trinajstić information content (AvgIpc) is 3.00. The molecule has 218 valence electrons. The Kier molecular flexibility index (Phi) is 9.98. The smallest absolute Gasteiger partial charge is 0.264 e. The van der Waals surface area contributed by atoms with Crippen molar-refractivity contribution in [3.63, 3.8) is 0 Å². The van der Waals surface area contributed by atoms with Crippen LogP contribution in [0.25, 0.3) is 0 Å². The van der Waals surface area contributed by atoms with Crippen molar-refractivity contribution >= 4 is 27.5 Å². The van der Waals surface area contributed by atoms with Crippen molar-refractivity contribution in [2.75, 3.05) is 17.4 Å². The molecule has 0 aliphatic heterocycles. The standard InChI is InChI=1S/C33H35N3O5S/c1-4-34-33(38)26(3)35(23-27-13-11-12-25(2)22-27)32(37)24-36(42(39,40)31-16-9-6-10-17-31)28-18-20-30(21-19-28)41-29-14-7-5-8-15-29/h5-22,26H,4,23-24H2,1-3H3,(H,34,38)/t26-/m0/s1. The van der Waals surface area contributed by atoms with Gasteiger partial charge in [-0.05, 0) is 74.9 Å². The van der Waals surface area contributed by atoms with Crippen LogP contribution in [0.4, 0.5) is 5.69 Å². The predicted molar refractivity (Wildman–Crippen MR) is 164 cm³/mol. The molecular weight excluding hydrogens is 550 g/mol. The summed E-state index contributed by atoms with van der Waals surface area (Å²) in [4.78, 5) is 28.3. The molecular formula is C33H35N3O5S. The van der Waals surface area contributed by atoms with E-state index in [1.807, 2.05) is 61.5 Å². The van der Waals surface area contributed by atoms with Gasteiger partial charge in [0.1, 0.15) is 24.1 Å². The van der Waals surface area contributed by atoms with Gasteiger partial charge >= 0.3 is 0 Å². The number of carbonyl (C=O) groups excluding carboxylic acids is 2. The first-order chi connectivity index (χ1) is 20.2. The van der Waals surface area contributed by atoms with Gasteiger partial charge in [-0.25, -0.2) is 8.42 Å². The normalized spacial score (nSPS) is 11.8. The number of hydrogen-bond donors (Lipinski definition) is 1. The number of aryl methyl sites for hydroxylation is 1. The third-order valence-electron chi connectivity index (χ3n) is 6.67. The van der Waals surface area contributed by atoms with Gasteiger partial charge in [0.15, 0.2) is 0 Å². The van der Waals surface area contributed by atoms with Crippen LogP contribution in [0, 0.1) is 6.92 Å². The quantitative estimate of drug-likeness (QED) is 0.236. The minimum Gasteiger partial charge on any atom is -0.457 e. The fourth-order valence-corrected chi connectivity index (χ4v) is 5.90. The fraction of sp³-hybridized carbons (Fsp3) is 0.212. The van der Waals surface area contributed by atoms with Crippen molar-refractivity contribution in [2.24, 2.45) is 0 Å². The molecule has 0 unspecified atom stereocenters. The number of para-hydroxylation sites is 1. The van der Waals surface area contributed by atoms with E-state index in [0.29, 0.717) is 18.0 Å². The summed E-state index contributed by atoms with van der Waals surface area (Å²) in [6.07, 6.45) is 0. The Labute approximate surface area is 247 Å². The summed E-state index contributed by atoms with van der Waals surface area (Å²) in [6.45, 7) is 5.43. The lowest BCUT2D eigenvalue weighted by Crippen LogP contribution is -2.51. The summed E-state index contributed by atoms with van der Waals surface area (Å²) in [5.74, 6) is 0.317. The van der Waals surface area contributed by atoms with E-state index in [0.717, 1.165) is 15.4 Å².